The molecule has 8 heteroatoms. The van der Waals surface area contributed by atoms with E-state index >= 15 is 0 Å². The van der Waals surface area contributed by atoms with Gasteiger partial charge in [0.15, 0.2) is 0 Å². The number of amides is 1. The van der Waals surface area contributed by atoms with Crippen LogP contribution in [-0.4, -0.2) is 63.4 Å². The highest BCUT2D eigenvalue weighted by Gasteiger charge is 2.37. The van der Waals surface area contributed by atoms with Gasteiger partial charge in [-0.3, -0.25) is 4.79 Å². The van der Waals surface area contributed by atoms with Crippen LogP contribution < -0.4 is 9.46 Å². The summed E-state index contributed by atoms with van der Waals surface area (Å²) in [4.78, 5) is 14.8. The van der Waals surface area contributed by atoms with Crippen molar-refractivity contribution in [3.05, 3.63) is 29.8 Å². The van der Waals surface area contributed by atoms with Crippen molar-refractivity contribution in [3.63, 3.8) is 0 Å². The van der Waals surface area contributed by atoms with Gasteiger partial charge in [0.25, 0.3) is 0 Å². The van der Waals surface area contributed by atoms with Crippen LogP contribution in [0.2, 0.25) is 0 Å². The molecule has 0 aromatic heterocycles. The molecule has 0 radical (unpaired) electrons. The molecule has 1 aromatic carbocycles. The second-order valence-corrected chi connectivity index (χ2v) is 10.5. The number of carbonyl (C=O) groups is 1. The Morgan fingerprint density at radius 1 is 1.10 bits per heavy atom. The predicted molar refractivity (Wildman–Crippen MR) is 114 cm³/mol. The normalized spacial score (nSPS) is 30.7. The zero-order chi connectivity index (χ0) is 21.1. The lowest BCUT2D eigenvalue weighted by molar-refractivity contribution is -0.139. The summed E-state index contributed by atoms with van der Waals surface area (Å²) in [5, 5.41) is 0. The van der Waals surface area contributed by atoms with E-state index in [0.29, 0.717) is 32.1 Å². The lowest BCUT2D eigenvalue weighted by Gasteiger charge is -2.42. The molecule has 1 amide bonds. The number of nitrogens with one attached hydrogen (secondary N) is 1. The first kappa shape index (κ1) is 21.6. The van der Waals surface area contributed by atoms with Gasteiger partial charge >= 0.3 is 0 Å². The first-order valence-corrected chi connectivity index (χ1v) is 12.9. The molecule has 1 aromatic rings. The standard InChI is InChI=1S/C22H32N2O5S/c1-30(26,27)23-19-6-4-13-24-20(19)15-29-17-10-8-16(9-11-17)18-5-2-3-7-21(18)28-14-12-22(24)25/h2-3,5,7,16-17,19-20,23H,4,6,8-15H2,1H3/t16-,17+,19-,20-/m0/s1. The lowest BCUT2D eigenvalue weighted by atomic mass is 9.82. The third kappa shape index (κ3) is 5.15. The molecule has 0 spiro atoms. The van der Waals surface area contributed by atoms with Gasteiger partial charge in [-0.25, -0.2) is 13.1 Å². The van der Waals surface area contributed by atoms with Crippen LogP contribution >= 0.6 is 0 Å². The van der Waals surface area contributed by atoms with Gasteiger partial charge < -0.3 is 14.4 Å². The van der Waals surface area contributed by atoms with E-state index in [1.165, 1.54) is 11.8 Å². The highest BCUT2D eigenvalue weighted by Crippen LogP contribution is 2.38. The maximum Gasteiger partial charge on any atom is 0.226 e. The number of para-hydroxylation sites is 1. The molecule has 1 N–H and O–H groups in total. The maximum atomic E-state index is 13.0. The Hall–Kier alpha value is -1.64. The molecule has 1 saturated carbocycles. The molecule has 2 atom stereocenters. The zero-order valence-corrected chi connectivity index (χ0v) is 18.4. The van der Waals surface area contributed by atoms with E-state index in [0.717, 1.165) is 37.9 Å². The predicted octanol–water partition coefficient (Wildman–Crippen LogP) is 2.42. The van der Waals surface area contributed by atoms with Crippen molar-refractivity contribution < 1.29 is 22.7 Å². The van der Waals surface area contributed by atoms with Crippen molar-refractivity contribution in [3.8, 4) is 5.75 Å². The average Bonchev–Trinajstić information content (AvgIpc) is 2.72. The number of hydrogen-bond acceptors (Lipinski definition) is 5. The maximum absolute atomic E-state index is 13.0. The smallest absolute Gasteiger partial charge is 0.226 e. The minimum atomic E-state index is -3.37. The SMILES string of the molecule is CS(=O)(=O)N[C@H]1CCCN2C(=O)CCOc3ccccc3[C@H]3CC[C@H](CC3)OC[C@@H]12. The Morgan fingerprint density at radius 2 is 1.87 bits per heavy atom. The van der Waals surface area contributed by atoms with Crippen LogP contribution in [0.15, 0.2) is 24.3 Å². The molecule has 5 rings (SSSR count). The van der Waals surface area contributed by atoms with Crippen LogP contribution in [-0.2, 0) is 19.6 Å². The fourth-order valence-corrected chi connectivity index (χ4v) is 5.93. The molecule has 166 valence electrons. The quantitative estimate of drug-likeness (QED) is 0.770. The van der Waals surface area contributed by atoms with E-state index in [1.54, 1.807) is 4.90 Å². The summed E-state index contributed by atoms with van der Waals surface area (Å²) in [6, 6.07) is 7.55. The summed E-state index contributed by atoms with van der Waals surface area (Å²) in [6.45, 7) is 1.31. The minimum absolute atomic E-state index is 0.0108. The molecular weight excluding hydrogens is 404 g/mol. The molecule has 4 aliphatic rings. The lowest BCUT2D eigenvalue weighted by Crippen LogP contribution is -2.59. The zero-order valence-electron chi connectivity index (χ0n) is 17.6. The average molecular weight is 437 g/mol. The number of rotatable bonds is 2. The van der Waals surface area contributed by atoms with Gasteiger partial charge in [0.05, 0.1) is 38.0 Å². The van der Waals surface area contributed by atoms with Gasteiger partial charge in [0.2, 0.25) is 15.9 Å². The van der Waals surface area contributed by atoms with E-state index in [-0.39, 0.29) is 30.5 Å². The molecule has 0 unspecified atom stereocenters. The number of piperidine rings is 1. The Labute approximate surface area is 179 Å². The van der Waals surface area contributed by atoms with Gasteiger partial charge in [-0.2, -0.15) is 0 Å². The molecule has 3 heterocycles. The van der Waals surface area contributed by atoms with Gasteiger partial charge in [-0.05, 0) is 56.1 Å². The number of hydrogen-bond donors (Lipinski definition) is 1. The van der Waals surface area contributed by atoms with Crippen molar-refractivity contribution in [2.75, 3.05) is 26.0 Å². The number of ether oxygens (including phenoxy) is 2. The van der Waals surface area contributed by atoms with Crippen molar-refractivity contribution in [2.24, 2.45) is 0 Å². The Kier molecular flexibility index (Phi) is 6.65. The second kappa shape index (κ2) is 9.24. The summed E-state index contributed by atoms with van der Waals surface area (Å²) in [6.07, 6.45) is 7.08. The molecular formula is C22H32N2O5S. The van der Waals surface area contributed by atoms with E-state index in [9.17, 15) is 13.2 Å². The van der Waals surface area contributed by atoms with Crippen LogP contribution in [0.25, 0.3) is 0 Å². The highest BCUT2D eigenvalue weighted by atomic mass is 32.2. The largest absolute Gasteiger partial charge is 0.493 e. The molecule has 1 saturated heterocycles. The number of sulfonamides is 1. The van der Waals surface area contributed by atoms with Gasteiger partial charge in [-0.15, -0.1) is 0 Å². The van der Waals surface area contributed by atoms with Crippen LogP contribution in [0, 0.1) is 0 Å². The van der Waals surface area contributed by atoms with E-state index in [1.807, 2.05) is 18.2 Å². The van der Waals surface area contributed by atoms with Gasteiger partial charge in [0, 0.05) is 12.6 Å². The third-order valence-electron chi connectivity index (χ3n) is 6.57. The monoisotopic (exact) mass is 436 g/mol. The summed E-state index contributed by atoms with van der Waals surface area (Å²) in [5.74, 6) is 1.31. The van der Waals surface area contributed by atoms with Crippen molar-refractivity contribution >= 4 is 15.9 Å². The van der Waals surface area contributed by atoms with Crippen LogP contribution in [0.3, 0.4) is 0 Å². The molecule has 2 fully saturated rings. The Balaban J connectivity index is 1.57. The van der Waals surface area contributed by atoms with Crippen LogP contribution in [0.5, 0.6) is 5.75 Å². The Morgan fingerprint density at radius 3 is 2.63 bits per heavy atom. The molecule has 30 heavy (non-hydrogen) atoms. The summed E-state index contributed by atoms with van der Waals surface area (Å²) < 4.78 is 38.8. The van der Waals surface area contributed by atoms with Crippen molar-refractivity contribution in [1.29, 1.82) is 0 Å². The second-order valence-electron chi connectivity index (χ2n) is 8.74. The fourth-order valence-electron chi connectivity index (χ4n) is 5.10. The van der Waals surface area contributed by atoms with Crippen molar-refractivity contribution in [1.82, 2.24) is 9.62 Å². The Bertz CT molecular complexity index is 851. The van der Waals surface area contributed by atoms with Crippen molar-refractivity contribution in [2.45, 2.75) is 69.1 Å². The number of benzene rings is 1. The van der Waals surface area contributed by atoms with E-state index in [4.69, 9.17) is 9.47 Å². The molecule has 7 nitrogen and oxygen atoms in total. The molecule has 1 aliphatic carbocycles. The summed E-state index contributed by atoms with van der Waals surface area (Å²) >= 11 is 0. The number of fused-ring (bicyclic) bond motifs is 6. The van der Waals surface area contributed by atoms with Gasteiger partial charge in [0.1, 0.15) is 5.75 Å². The van der Waals surface area contributed by atoms with E-state index < -0.39 is 10.0 Å². The highest BCUT2D eigenvalue weighted by molar-refractivity contribution is 7.88. The number of carbonyl (C=O) groups excluding carboxylic acids is 1. The van der Waals surface area contributed by atoms with Gasteiger partial charge in [-0.1, -0.05) is 18.2 Å². The van der Waals surface area contributed by atoms with Crippen LogP contribution in [0.1, 0.15) is 56.4 Å². The number of nitrogens with zero attached hydrogens (tertiary/aromatic N) is 1. The minimum Gasteiger partial charge on any atom is -0.493 e. The van der Waals surface area contributed by atoms with Crippen LogP contribution in [0.4, 0.5) is 0 Å². The topological polar surface area (TPSA) is 84.9 Å². The summed E-state index contributed by atoms with van der Waals surface area (Å²) in [5.41, 5.74) is 1.23. The first-order valence-electron chi connectivity index (χ1n) is 11.0. The molecule has 3 aliphatic heterocycles. The fraction of sp³-hybridized carbons (Fsp3) is 0.682. The third-order valence-corrected chi connectivity index (χ3v) is 7.30. The summed E-state index contributed by atoms with van der Waals surface area (Å²) in [7, 11) is -3.37. The first-order chi connectivity index (χ1) is 14.4. The molecule has 2 bridgehead atoms. The van der Waals surface area contributed by atoms with E-state index in [2.05, 4.69) is 10.8 Å².